The first-order valence-corrected chi connectivity index (χ1v) is 7.24. The average Bonchev–Trinajstić information content (AvgIpc) is 2.52. The van der Waals surface area contributed by atoms with Crippen LogP contribution in [0.4, 0.5) is 0 Å². The quantitative estimate of drug-likeness (QED) is 0.632. The van der Waals surface area contributed by atoms with Gasteiger partial charge in [0.05, 0.1) is 5.56 Å². The molecule has 0 heterocycles. The standard InChI is InChI=1S/C19H20O3/c1-19(2,3)16-11-9-15(10-12-16)18(21)22-13-17(20)14-7-5-4-6-8-14/h4-12H,13H2,1-3H3. The molecule has 22 heavy (non-hydrogen) atoms. The molecule has 0 spiro atoms. The summed E-state index contributed by atoms with van der Waals surface area (Å²) in [5, 5.41) is 0. The Kier molecular flexibility index (Phi) is 4.76. The van der Waals surface area contributed by atoms with Crippen molar-refractivity contribution in [2.45, 2.75) is 26.2 Å². The molecule has 2 rings (SSSR count). The summed E-state index contributed by atoms with van der Waals surface area (Å²) >= 11 is 0. The Labute approximate surface area is 130 Å². The Balaban J connectivity index is 1.97. The van der Waals surface area contributed by atoms with Crippen molar-refractivity contribution >= 4 is 11.8 Å². The van der Waals surface area contributed by atoms with E-state index in [0.29, 0.717) is 11.1 Å². The number of carbonyl (C=O) groups is 2. The van der Waals surface area contributed by atoms with Crippen molar-refractivity contribution < 1.29 is 14.3 Å². The van der Waals surface area contributed by atoms with Gasteiger partial charge in [-0.1, -0.05) is 63.2 Å². The third-order valence-electron chi connectivity index (χ3n) is 3.42. The first kappa shape index (κ1) is 16.0. The zero-order valence-electron chi connectivity index (χ0n) is 13.1. The van der Waals surface area contributed by atoms with Crippen LogP contribution < -0.4 is 0 Å². The van der Waals surface area contributed by atoms with E-state index in [1.54, 1.807) is 36.4 Å². The molecule has 0 fully saturated rings. The van der Waals surface area contributed by atoms with Gasteiger partial charge < -0.3 is 4.74 Å². The summed E-state index contributed by atoms with van der Waals surface area (Å²) in [5.41, 5.74) is 2.17. The van der Waals surface area contributed by atoms with Crippen LogP contribution in [0, 0.1) is 0 Å². The molecule has 3 heteroatoms. The summed E-state index contributed by atoms with van der Waals surface area (Å²) in [6.07, 6.45) is 0. The normalized spacial score (nSPS) is 11.0. The Morgan fingerprint density at radius 3 is 2.00 bits per heavy atom. The van der Waals surface area contributed by atoms with Gasteiger partial charge in [-0.3, -0.25) is 4.79 Å². The third-order valence-corrected chi connectivity index (χ3v) is 3.42. The van der Waals surface area contributed by atoms with Gasteiger partial charge in [0.1, 0.15) is 0 Å². The zero-order chi connectivity index (χ0) is 16.2. The Morgan fingerprint density at radius 1 is 0.864 bits per heavy atom. The predicted molar refractivity (Wildman–Crippen MR) is 86.2 cm³/mol. The fourth-order valence-electron chi connectivity index (χ4n) is 2.03. The maximum Gasteiger partial charge on any atom is 0.338 e. The molecule has 0 bridgehead atoms. The van der Waals surface area contributed by atoms with Crippen LogP contribution in [-0.2, 0) is 10.2 Å². The Morgan fingerprint density at radius 2 is 1.45 bits per heavy atom. The molecule has 0 aliphatic heterocycles. The summed E-state index contributed by atoms with van der Waals surface area (Å²) in [6, 6.07) is 16.1. The fraction of sp³-hybridized carbons (Fsp3) is 0.263. The van der Waals surface area contributed by atoms with E-state index in [1.807, 2.05) is 18.2 Å². The fourth-order valence-corrected chi connectivity index (χ4v) is 2.03. The monoisotopic (exact) mass is 296 g/mol. The van der Waals surface area contributed by atoms with Crippen molar-refractivity contribution in [3.8, 4) is 0 Å². The van der Waals surface area contributed by atoms with Gasteiger partial charge in [-0.2, -0.15) is 0 Å². The number of benzene rings is 2. The van der Waals surface area contributed by atoms with Crippen molar-refractivity contribution in [3.05, 3.63) is 71.3 Å². The molecule has 0 amide bonds. The number of esters is 1. The van der Waals surface area contributed by atoms with Crippen LogP contribution in [-0.4, -0.2) is 18.4 Å². The highest BCUT2D eigenvalue weighted by Crippen LogP contribution is 2.22. The van der Waals surface area contributed by atoms with Crippen LogP contribution in [0.3, 0.4) is 0 Å². The van der Waals surface area contributed by atoms with Gasteiger partial charge in [-0.05, 0) is 23.1 Å². The van der Waals surface area contributed by atoms with Gasteiger partial charge >= 0.3 is 5.97 Å². The van der Waals surface area contributed by atoms with Gasteiger partial charge in [0.2, 0.25) is 0 Å². The van der Waals surface area contributed by atoms with Crippen molar-refractivity contribution in [3.63, 3.8) is 0 Å². The van der Waals surface area contributed by atoms with E-state index < -0.39 is 5.97 Å². The van der Waals surface area contributed by atoms with Crippen molar-refractivity contribution in [2.75, 3.05) is 6.61 Å². The molecular formula is C19H20O3. The molecule has 0 saturated carbocycles. The van der Waals surface area contributed by atoms with Crippen LogP contribution >= 0.6 is 0 Å². The van der Waals surface area contributed by atoms with Crippen molar-refractivity contribution in [2.24, 2.45) is 0 Å². The maximum absolute atomic E-state index is 12.0. The van der Waals surface area contributed by atoms with Gasteiger partial charge in [0, 0.05) is 5.56 Å². The van der Waals surface area contributed by atoms with E-state index >= 15 is 0 Å². The average molecular weight is 296 g/mol. The Bertz CT molecular complexity index is 649. The summed E-state index contributed by atoms with van der Waals surface area (Å²) in [5.74, 6) is -0.690. The molecule has 0 aromatic heterocycles. The topological polar surface area (TPSA) is 43.4 Å². The number of carbonyl (C=O) groups excluding carboxylic acids is 2. The number of ketones is 1. The second-order valence-corrected chi connectivity index (χ2v) is 6.19. The second-order valence-electron chi connectivity index (χ2n) is 6.19. The van der Waals surface area contributed by atoms with Crippen LogP contribution in [0.5, 0.6) is 0 Å². The molecule has 0 N–H and O–H groups in total. The number of rotatable bonds is 4. The smallest absolute Gasteiger partial charge is 0.338 e. The lowest BCUT2D eigenvalue weighted by molar-refractivity contribution is 0.0474. The number of ether oxygens (including phenoxy) is 1. The van der Waals surface area contributed by atoms with E-state index in [0.717, 1.165) is 5.56 Å². The van der Waals surface area contributed by atoms with Gasteiger partial charge in [-0.25, -0.2) is 4.79 Å². The molecule has 0 aliphatic carbocycles. The van der Waals surface area contributed by atoms with Gasteiger partial charge in [0.25, 0.3) is 0 Å². The first-order valence-electron chi connectivity index (χ1n) is 7.24. The molecule has 2 aromatic rings. The second kappa shape index (κ2) is 6.56. The van der Waals surface area contributed by atoms with Crippen LogP contribution in [0.25, 0.3) is 0 Å². The lowest BCUT2D eigenvalue weighted by Crippen LogP contribution is -2.15. The number of hydrogen-bond donors (Lipinski definition) is 0. The highest BCUT2D eigenvalue weighted by molar-refractivity contribution is 5.99. The minimum absolute atomic E-state index is 0.0334. The highest BCUT2D eigenvalue weighted by atomic mass is 16.5. The van der Waals surface area contributed by atoms with E-state index in [4.69, 9.17) is 4.74 Å². The molecule has 0 atom stereocenters. The lowest BCUT2D eigenvalue weighted by atomic mass is 9.87. The molecule has 2 aromatic carbocycles. The highest BCUT2D eigenvalue weighted by Gasteiger charge is 2.15. The molecule has 3 nitrogen and oxygen atoms in total. The predicted octanol–water partition coefficient (Wildman–Crippen LogP) is 4.02. The molecule has 114 valence electrons. The van der Waals surface area contributed by atoms with E-state index in [9.17, 15) is 9.59 Å². The minimum Gasteiger partial charge on any atom is -0.454 e. The number of hydrogen-bond acceptors (Lipinski definition) is 3. The van der Waals surface area contributed by atoms with Gasteiger partial charge in [0.15, 0.2) is 12.4 Å². The largest absolute Gasteiger partial charge is 0.454 e. The van der Waals surface area contributed by atoms with Crippen LogP contribution in [0.15, 0.2) is 54.6 Å². The molecule has 0 unspecified atom stereocenters. The maximum atomic E-state index is 12.0. The third kappa shape index (κ3) is 4.04. The van der Waals surface area contributed by atoms with Crippen molar-refractivity contribution in [1.82, 2.24) is 0 Å². The SMILES string of the molecule is CC(C)(C)c1ccc(C(=O)OCC(=O)c2ccccc2)cc1. The van der Waals surface area contributed by atoms with Crippen LogP contribution in [0.2, 0.25) is 0 Å². The molecular weight excluding hydrogens is 276 g/mol. The lowest BCUT2D eigenvalue weighted by Gasteiger charge is -2.18. The summed E-state index contributed by atoms with van der Waals surface area (Å²) in [6.45, 7) is 6.08. The molecule has 0 radical (unpaired) electrons. The first-order chi connectivity index (χ1) is 10.4. The van der Waals surface area contributed by atoms with Gasteiger partial charge in [-0.15, -0.1) is 0 Å². The van der Waals surface area contributed by atoms with Crippen LogP contribution in [0.1, 0.15) is 47.1 Å². The molecule has 0 saturated heterocycles. The van der Waals surface area contributed by atoms with E-state index in [1.165, 1.54) is 0 Å². The summed E-state index contributed by atoms with van der Waals surface area (Å²) < 4.78 is 5.08. The zero-order valence-corrected chi connectivity index (χ0v) is 13.1. The summed E-state index contributed by atoms with van der Waals surface area (Å²) in [4.78, 5) is 23.9. The number of Topliss-reactive ketones (excluding diaryl/α,β-unsaturated/α-hetero) is 1. The minimum atomic E-state index is -0.482. The van der Waals surface area contributed by atoms with Crippen molar-refractivity contribution in [1.29, 1.82) is 0 Å². The van der Waals surface area contributed by atoms with E-state index in [2.05, 4.69) is 20.8 Å². The van der Waals surface area contributed by atoms with E-state index in [-0.39, 0.29) is 17.8 Å². The molecule has 0 aliphatic rings. The summed E-state index contributed by atoms with van der Waals surface area (Å²) in [7, 11) is 0. The Hall–Kier alpha value is -2.42.